The van der Waals surface area contributed by atoms with Crippen LogP contribution < -0.4 is 0 Å². The Balaban J connectivity index is 1.37. The molecule has 0 aliphatic carbocycles. The molecule has 1 atom stereocenters. The van der Waals surface area contributed by atoms with Crippen LogP contribution >= 0.6 is 0 Å². The van der Waals surface area contributed by atoms with E-state index in [1.807, 2.05) is 23.1 Å². The third-order valence-corrected chi connectivity index (χ3v) is 6.86. The summed E-state index contributed by atoms with van der Waals surface area (Å²) >= 11 is 0. The number of hydrogen-bond donors (Lipinski definition) is 1. The molecule has 2 aromatic rings. The zero-order valence-electron chi connectivity index (χ0n) is 18.5. The van der Waals surface area contributed by atoms with Crippen LogP contribution in [0.4, 0.5) is 0 Å². The summed E-state index contributed by atoms with van der Waals surface area (Å²) in [5.41, 5.74) is 2.43. The SMILES string of the molecule is CC(C)N1CCC(N2CCN(Cc3cccc(-n4cccn4)c3)C[C@@H]2CCO)CC1. The van der Waals surface area contributed by atoms with Gasteiger partial charge < -0.3 is 10.0 Å². The normalized spacial score (nSPS) is 22.7. The second-order valence-corrected chi connectivity index (χ2v) is 9.12. The lowest BCUT2D eigenvalue weighted by Crippen LogP contribution is -2.58. The number of aromatic nitrogens is 2. The standard InChI is InChI=1S/C24H37N5O/c1-20(2)27-12-7-22(8-13-27)28-15-14-26(19-24(28)9-16-30)18-21-5-3-6-23(17-21)29-11-4-10-25-29/h3-6,10-11,17,20,22,24,30H,7-9,12-16,18-19H2,1-2H3/t24-/m0/s1. The minimum atomic E-state index is 0.272. The zero-order chi connectivity index (χ0) is 20.9. The summed E-state index contributed by atoms with van der Waals surface area (Å²) in [6.07, 6.45) is 7.18. The Morgan fingerprint density at radius 3 is 2.63 bits per heavy atom. The first kappa shape index (κ1) is 21.5. The summed E-state index contributed by atoms with van der Waals surface area (Å²) in [5, 5.41) is 14.1. The molecule has 0 amide bonds. The average Bonchev–Trinajstić information content (AvgIpc) is 3.30. The molecule has 0 unspecified atom stereocenters. The van der Waals surface area contributed by atoms with Crippen molar-refractivity contribution in [1.82, 2.24) is 24.5 Å². The lowest BCUT2D eigenvalue weighted by atomic mass is 9.97. The highest BCUT2D eigenvalue weighted by molar-refractivity contribution is 5.35. The molecule has 1 aromatic carbocycles. The largest absolute Gasteiger partial charge is 0.396 e. The Kier molecular flexibility index (Phi) is 7.20. The fraction of sp³-hybridized carbons (Fsp3) is 0.625. The Labute approximate surface area is 181 Å². The summed E-state index contributed by atoms with van der Waals surface area (Å²) in [6.45, 7) is 11.5. The van der Waals surface area contributed by atoms with Gasteiger partial charge in [0.1, 0.15) is 0 Å². The second-order valence-electron chi connectivity index (χ2n) is 9.12. The van der Waals surface area contributed by atoms with Crippen molar-refractivity contribution in [2.45, 2.75) is 57.8 Å². The Morgan fingerprint density at radius 1 is 1.10 bits per heavy atom. The van der Waals surface area contributed by atoms with Crippen molar-refractivity contribution >= 4 is 0 Å². The first-order chi connectivity index (χ1) is 14.6. The van der Waals surface area contributed by atoms with E-state index in [1.54, 1.807) is 0 Å². The summed E-state index contributed by atoms with van der Waals surface area (Å²) in [7, 11) is 0. The van der Waals surface area contributed by atoms with E-state index in [2.05, 4.69) is 57.9 Å². The van der Waals surface area contributed by atoms with Crippen molar-refractivity contribution in [3.63, 3.8) is 0 Å². The number of hydrogen-bond acceptors (Lipinski definition) is 5. The molecule has 0 radical (unpaired) electrons. The van der Waals surface area contributed by atoms with Gasteiger partial charge in [-0.25, -0.2) is 4.68 Å². The van der Waals surface area contributed by atoms with Crippen LogP contribution in [0.5, 0.6) is 0 Å². The molecule has 164 valence electrons. The van der Waals surface area contributed by atoms with Gasteiger partial charge in [0, 0.05) is 63.3 Å². The monoisotopic (exact) mass is 411 g/mol. The van der Waals surface area contributed by atoms with Crippen LogP contribution in [0.2, 0.25) is 0 Å². The van der Waals surface area contributed by atoms with E-state index in [0.29, 0.717) is 18.1 Å². The van der Waals surface area contributed by atoms with Crippen LogP contribution in [0.15, 0.2) is 42.7 Å². The van der Waals surface area contributed by atoms with E-state index < -0.39 is 0 Å². The summed E-state index contributed by atoms with van der Waals surface area (Å²) < 4.78 is 1.92. The van der Waals surface area contributed by atoms with Crippen molar-refractivity contribution in [3.05, 3.63) is 48.3 Å². The van der Waals surface area contributed by atoms with E-state index in [9.17, 15) is 5.11 Å². The molecule has 2 fully saturated rings. The van der Waals surface area contributed by atoms with Crippen molar-refractivity contribution in [2.24, 2.45) is 0 Å². The molecule has 3 heterocycles. The highest BCUT2D eigenvalue weighted by Crippen LogP contribution is 2.25. The van der Waals surface area contributed by atoms with E-state index in [1.165, 1.54) is 31.5 Å². The van der Waals surface area contributed by atoms with Gasteiger partial charge in [-0.05, 0) is 70.0 Å². The van der Waals surface area contributed by atoms with Gasteiger partial charge >= 0.3 is 0 Å². The third-order valence-electron chi connectivity index (χ3n) is 6.86. The smallest absolute Gasteiger partial charge is 0.0648 e. The van der Waals surface area contributed by atoms with Crippen molar-refractivity contribution in [2.75, 3.05) is 39.3 Å². The fourth-order valence-corrected chi connectivity index (χ4v) is 5.18. The lowest BCUT2D eigenvalue weighted by Gasteiger charge is -2.48. The minimum absolute atomic E-state index is 0.272. The summed E-state index contributed by atoms with van der Waals surface area (Å²) in [4.78, 5) is 7.87. The number of piperazine rings is 1. The number of rotatable bonds is 7. The number of piperidine rings is 1. The van der Waals surface area contributed by atoms with Crippen molar-refractivity contribution < 1.29 is 5.11 Å². The molecule has 2 saturated heterocycles. The summed E-state index contributed by atoms with van der Waals surface area (Å²) in [5.74, 6) is 0. The Bertz CT molecular complexity index is 770. The van der Waals surface area contributed by atoms with Gasteiger partial charge in [0.2, 0.25) is 0 Å². The molecular weight excluding hydrogens is 374 g/mol. The van der Waals surface area contributed by atoms with E-state index in [0.717, 1.165) is 38.3 Å². The Hall–Kier alpha value is -1.73. The van der Waals surface area contributed by atoms with Gasteiger partial charge in [0.05, 0.1) is 5.69 Å². The molecule has 4 rings (SSSR count). The van der Waals surface area contributed by atoms with Crippen LogP contribution in [-0.2, 0) is 6.54 Å². The van der Waals surface area contributed by atoms with Crippen LogP contribution in [0.3, 0.4) is 0 Å². The maximum Gasteiger partial charge on any atom is 0.0648 e. The third kappa shape index (κ3) is 5.11. The predicted octanol–water partition coefficient (Wildman–Crippen LogP) is 2.61. The van der Waals surface area contributed by atoms with Gasteiger partial charge in [-0.1, -0.05) is 12.1 Å². The highest BCUT2D eigenvalue weighted by atomic mass is 16.3. The quantitative estimate of drug-likeness (QED) is 0.759. The number of benzene rings is 1. The number of likely N-dealkylation sites (tertiary alicyclic amines) is 1. The van der Waals surface area contributed by atoms with Crippen LogP contribution in [-0.4, -0.2) is 87.0 Å². The zero-order valence-corrected chi connectivity index (χ0v) is 18.5. The van der Waals surface area contributed by atoms with Crippen molar-refractivity contribution in [1.29, 1.82) is 0 Å². The molecular formula is C24H37N5O. The molecule has 1 N–H and O–H groups in total. The van der Waals surface area contributed by atoms with Gasteiger partial charge in [-0.15, -0.1) is 0 Å². The minimum Gasteiger partial charge on any atom is -0.396 e. The fourth-order valence-electron chi connectivity index (χ4n) is 5.18. The molecule has 0 saturated carbocycles. The van der Waals surface area contributed by atoms with Crippen molar-refractivity contribution in [3.8, 4) is 5.69 Å². The van der Waals surface area contributed by atoms with E-state index in [4.69, 9.17) is 0 Å². The first-order valence-electron chi connectivity index (χ1n) is 11.6. The number of aliphatic hydroxyl groups excluding tert-OH is 1. The molecule has 2 aliphatic heterocycles. The van der Waals surface area contributed by atoms with Gasteiger partial charge in [0.25, 0.3) is 0 Å². The van der Waals surface area contributed by atoms with Crippen LogP contribution in [0, 0.1) is 0 Å². The molecule has 0 spiro atoms. The van der Waals surface area contributed by atoms with Gasteiger partial charge in [-0.3, -0.25) is 9.80 Å². The first-order valence-corrected chi connectivity index (χ1v) is 11.6. The average molecular weight is 412 g/mol. The predicted molar refractivity (Wildman–Crippen MR) is 121 cm³/mol. The Morgan fingerprint density at radius 2 is 1.93 bits per heavy atom. The van der Waals surface area contributed by atoms with Gasteiger partial charge in [-0.2, -0.15) is 5.10 Å². The van der Waals surface area contributed by atoms with Crippen LogP contribution in [0.1, 0.15) is 38.7 Å². The molecule has 30 heavy (non-hydrogen) atoms. The highest BCUT2D eigenvalue weighted by Gasteiger charge is 2.33. The van der Waals surface area contributed by atoms with Crippen LogP contribution in [0.25, 0.3) is 5.69 Å². The summed E-state index contributed by atoms with van der Waals surface area (Å²) in [6, 6.07) is 12.4. The maximum atomic E-state index is 9.70. The second kappa shape index (κ2) is 10.1. The molecule has 6 nitrogen and oxygen atoms in total. The molecule has 1 aromatic heterocycles. The topological polar surface area (TPSA) is 47.8 Å². The molecule has 0 bridgehead atoms. The maximum absolute atomic E-state index is 9.70. The van der Waals surface area contributed by atoms with E-state index >= 15 is 0 Å². The number of aliphatic hydroxyl groups is 1. The number of nitrogens with zero attached hydrogens (tertiary/aromatic N) is 5. The van der Waals surface area contributed by atoms with E-state index in [-0.39, 0.29) is 6.61 Å². The molecule has 2 aliphatic rings. The lowest BCUT2D eigenvalue weighted by molar-refractivity contribution is -0.0000288. The molecule has 6 heteroatoms. The van der Waals surface area contributed by atoms with Gasteiger partial charge in [0.15, 0.2) is 0 Å².